The molecule has 0 N–H and O–H groups in total. The lowest BCUT2D eigenvalue weighted by Gasteiger charge is -2.26. The fourth-order valence-corrected chi connectivity index (χ4v) is 10.3. The van der Waals surface area contributed by atoms with Gasteiger partial charge in [0.2, 0.25) is 0 Å². The van der Waals surface area contributed by atoms with Crippen LogP contribution in [0.2, 0.25) is 0 Å². The van der Waals surface area contributed by atoms with Gasteiger partial charge in [-0.15, -0.1) is 22.7 Å². The van der Waals surface area contributed by atoms with Crippen molar-refractivity contribution in [1.82, 2.24) is 0 Å². The second kappa shape index (κ2) is 13.1. The van der Waals surface area contributed by atoms with Gasteiger partial charge < -0.3 is 4.90 Å². The van der Waals surface area contributed by atoms with Gasteiger partial charge in [-0.1, -0.05) is 127 Å². The number of anilines is 3. The van der Waals surface area contributed by atoms with Gasteiger partial charge in [0.05, 0.1) is 0 Å². The van der Waals surface area contributed by atoms with Crippen molar-refractivity contribution in [3.63, 3.8) is 0 Å². The van der Waals surface area contributed by atoms with E-state index in [1.807, 2.05) is 22.7 Å². The van der Waals surface area contributed by atoms with Crippen LogP contribution in [0.1, 0.15) is 0 Å². The predicted octanol–water partition coefficient (Wildman–Crippen LogP) is 16.0. The van der Waals surface area contributed by atoms with E-state index < -0.39 is 0 Å². The minimum Gasteiger partial charge on any atom is -0.310 e. The van der Waals surface area contributed by atoms with Crippen molar-refractivity contribution in [2.45, 2.75) is 0 Å². The van der Waals surface area contributed by atoms with Gasteiger partial charge in [0.25, 0.3) is 0 Å². The van der Waals surface area contributed by atoms with Crippen LogP contribution in [0.15, 0.2) is 200 Å². The van der Waals surface area contributed by atoms with Crippen LogP contribution in [0.3, 0.4) is 0 Å². The van der Waals surface area contributed by atoms with Crippen molar-refractivity contribution in [3.05, 3.63) is 200 Å². The molecule has 0 spiro atoms. The lowest BCUT2D eigenvalue weighted by Crippen LogP contribution is -2.09. The minimum atomic E-state index is 1.12. The lowest BCUT2D eigenvalue weighted by molar-refractivity contribution is 1.29. The van der Waals surface area contributed by atoms with Crippen LogP contribution in [0.25, 0.3) is 84.5 Å². The van der Waals surface area contributed by atoms with E-state index in [-0.39, 0.29) is 0 Å². The van der Waals surface area contributed by atoms with E-state index in [1.54, 1.807) is 0 Å². The molecular weight excluding hydrogens is 703 g/mol. The zero-order valence-corrected chi connectivity index (χ0v) is 31.4. The van der Waals surface area contributed by atoms with Crippen LogP contribution in [-0.2, 0) is 0 Å². The van der Waals surface area contributed by atoms with Crippen LogP contribution in [0, 0.1) is 0 Å². The monoisotopic (exact) mass is 735 g/mol. The molecule has 55 heavy (non-hydrogen) atoms. The van der Waals surface area contributed by atoms with Crippen LogP contribution in [-0.4, -0.2) is 0 Å². The van der Waals surface area contributed by atoms with Crippen LogP contribution >= 0.6 is 22.7 Å². The van der Waals surface area contributed by atoms with Gasteiger partial charge in [0.1, 0.15) is 0 Å². The van der Waals surface area contributed by atoms with Crippen molar-refractivity contribution in [2.75, 3.05) is 4.90 Å². The number of hydrogen-bond donors (Lipinski definition) is 0. The maximum Gasteiger partial charge on any atom is 0.0468 e. The van der Waals surface area contributed by atoms with E-state index in [0.29, 0.717) is 0 Å². The molecule has 0 radical (unpaired) electrons. The Morgan fingerprint density at radius 1 is 0.255 bits per heavy atom. The Labute approximate surface area is 327 Å². The second-order valence-corrected chi connectivity index (χ2v) is 16.3. The first-order valence-corrected chi connectivity index (χ1v) is 20.3. The van der Waals surface area contributed by atoms with Gasteiger partial charge in [0, 0.05) is 57.4 Å². The fraction of sp³-hybridized carbons (Fsp3) is 0. The summed E-state index contributed by atoms with van der Waals surface area (Å²) in [6.45, 7) is 0. The van der Waals surface area contributed by atoms with Crippen molar-refractivity contribution in [1.29, 1.82) is 0 Å². The van der Waals surface area contributed by atoms with E-state index in [1.165, 1.54) is 84.5 Å². The van der Waals surface area contributed by atoms with E-state index in [4.69, 9.17) is 0 Å². The molecule has 0 unspecified atom stereocenters. The van der Waals surface area contributed by atoms with Gasteiger partial charge >= 0.3 is 0 Å². The van der Waals surface area contributed by atoms with Gasteiger partial charge in [-0.2, -0.15) is 0 Å². The van der Waals surface area contributed by atoms with Crippen molar-refractivity contribution < 1.29 is 0 Å². The molecule has 3 heteroatoms. The summed E-state index contributed by atoms with van der Waals surface area (Å²) in [4.78, 5) is 2.39. The maximum atomic E-state index is 2.39. The van der Waals surface area contributed by atoms with Gasteiger partial charge in [-0.05, 0) is 117 Å². The first-order chi connectivity index (χ1) is 27.2. The quantitative estimate of drug-likeness (QED) is 0.164. The Morgan fingerprint density at radius 2 is 0.745 bits per heavy atom. The lowest BCUT2D eigenvalue weighted by atomic mass is 9.97. The second-order valence-electron chi connectivity index (χ2n) is 14.2. The topological polar surface area (TPSA) is 3.24 Å². The maximum absolute atomic E-state index is 2.39. The van der Waals surface area contributed by atoms with Gasteiger partial charge in [0.15, 0.2) is 0 Å². The number of hydrogen-bond acceptors (Lipinski definition) is 3. The third-order valence-corrected chi connectivity index (χ3v) is 13.1. The van der Waals surface area contributed by atoms with Gasteiger partial charge in [-0.3, -0.25) is 0 Å². The highest BCUT2D eigenvalue weighted by atomic mass is 32.1. The fourth-order valence-electron chi connectivity index (χ4n) is 8.06. The molecular formula is C52H33NS2. The van der Waals surface area contributed by atoms with E-state index in [9.17, 15) is 0 Å². The average molecular weight is 736 g/mol. The third-order valence-electron chi connectivity index (χ3n) is 10.9. The van der Waals surface area contributed by atoms with Gasteiger partial charge in [-0.25, -0.2) is 0 Å². The van der Waals surface area contributed by atoms with Crippen molar-refractivity contribution in [2.24, 2.45) is 0 Å². The average Bonchev–Trinajstić information content (AvgIpc) is 3.82. The molecule has 258 valence electrons. The molecule has 0 fully saturated rings. The largest absolute Gasteiger partial charge is 0.310 e. The summed E-state index contributed by atoms with van der Waals surface area (Å²) in [5, 5.41) is 7.77. The Balaban J connectivity index is 0.974. The first kappa shape index (κ1) is 32.0. The standard InChI is InChI=1S/C52H33NS2/c1-2-9-37-31-40(17-16-34(37)8-1)39-11-7-10-38(30-39)35-18-23-42(24-19-35)53(44-27-29-51-48(33-44)46-13-4-6-15-50(46)54-51)43-25-20-36(21-26-43)41-22-28-47-45-12-3-5-14-49(45)55-52(47)32-41/h1-33H. The number of fused-ring (bicyclic) bond motifs is 7. The number of thiophene rings is 2. The molecule has 11 aromatic rings. The Bertz CT molecular complexity index is 3200. The molecule has 0 aliphatic carbocycles. The zero-order valence-electron chi connectivity index (χ0n) is 29.8. The summed E-state index contributed by atoms with van der Waals surface area (Å²) in [5.41, 5.74) is 10.7. The highest BCUT2D eigenvalue weighted by Crippen LogP contribution is 2.42. The summed E-state index contributed by atoms with van der Waals surface area (Å²) in [5.74, 6) is 0. The molecule has 0 bridgehead atoms. The molecule has 11 rings (SSSR count). The number of nitrogens with zero attached hydrogens (tertiary/aromatic N) is 1. The molecule has 0 saturated heterocycles. The molecule has 0 aliphatic rings. The molecule has 0 aliphatic heterocycles. The predicted molar refractivity (Wildman–Crippen MR) is 241 cm³/mol. The van der Waals surface area contributed by atoms with Crippen LogP contribution in [0.4, 0.5) is 17.1 Å². The molecule has 1 nitrogen and oxygen atoms in total. The third kappa shape index (κ3) is 5.68. The number of rotatable bonds is 6. The summed E-state index contributed by atoms with van der Waals surface area (Å²) in [7, 11) is 0. The summed E-state index contributed by atoms with van der Waals surface area (Å²) >= 11 is 3.72. The Morgan fingerprint density at radius 3 is 1.47 bits per heavy atom. The molecule has 2 heterocycles. The molecule has 2 aromatic heterocycles. The molecule has 0 amide bonds. The smallest absolute Gasteiger partial charge is 0.0468 e. The zero-order chi connectivity index (χ0) is 36.3. The van der Waals surface area contributed by atoms with E-state index >= 15 is 0 Å². The number of benzene rings is 9. The normalized spacial score (nSPS) is 11.6. The highest BCUT2D eigenvalue weighted by Gasteiger charge is 2.16. The highest BCUT2D eigenvalue weighted by molar-refractivity contribution is 7.26. The first-order valence-electron chi connectivity index (χ1n) is 18.6. The minimum absolute atomic E-state index is 1.12. The van der Waals surface area contributed by atoms with Crippen LogP contribution in [0.5, 0.6) is 0 Å². The van der Waals surface area contributed by atoms with E-state index in [0.717, 1.165) is 17.1 Å². The van der Waals surface area contributed by atoms with Crippen molar-refractivity contribution in [3.8, 4) is 33.4 Å². The molecule has 0 atom stereocenters. The summed E-state index contributed by atoms with van der Waals surface area (Å²) in [6, 6.07) is 73.5. The Hall–Kier alpha value is -6.52. The SMILES string of the molecule is c1cc(-c2ccc(N(c3ccc(-c4ccc5c(c4)sc4ccccc45)cc3)c3ccc4sc5ccccc5c4c3)cc2)cc(-c2ccc3ccccc3c2)c1. The summed E-state index contributed by atoms with van der Waals surface area (Å²) < 4.78 is 5.28. The molecule has 0 saturated carbocycles. The summed E-state index contributed by atoms with van der Waals surface area (Å²) in [6.07, 6.45) is 0. The van der Waals surface area contributed by atoms with Crippen molar-refractivity contribution >= 4 is 90.9 Å². The molecule has 9 aromatic carbocycles. The Kier molecular flexibility index (Phi) is 7.61. The van der Waals surface area contributed by atoms with E-state index in [2.05, 4.69) is 205 Å². The van der Waals surface area contributed by atoms with Crippen LogP contribution < -0.4 is 4.90 Å².